The maximum absolute atomic E-state index is 3.63. The Bertz CT molecular complexity index is 263. The van der Waals surface area contributed by atoms with Crippen LogP contribution in [0.1, 0.15) is 66.2 Å². The third kappa shape index (κ3) is 4.75. The fourth-order valence-corrected chi connectivity index (χ4v) is 3.82. The maximum atomic E-state index is 3.63. The molecule has 1 unspecified atom stereocenters. The third-order valence-corrected chi connectivity index (χ3v) is 5.13. The summed E-state index contributed by atoms with van der Waals surface area (Å²) in [6, 6.07) is 0. The lowest BCUT2D eigenvalue weighted by Crippen LogP contribution is -2.44. The fraction of sp³-hybridized carbons (Fsp3) is 1.00. The second-order valence-corrected chi connectivity index (χ2v) is 8.24. The van der Waals surface area contributed by atoms with Crippen molar-refractivity contribution in [2.45, 2.75) is 71.8 Å². The molecule has 2 aliphatic rings. The van der Waals surface area contributed by atoms with Crippen molar-refractivity contribution in [3.63, 3.8) is 0 Å². The minimum absolute atomic E-state index is 0.254. The molecule has 2 nitrogen and oxygen atoms in total. The number of likely N-dealkylation sites (tertiary alicyclic amines) is 1. The molecule has 1 heterocycles. The summed E-state index contributed by atoms with van der Waals surface area (Å²) in [6.07, 6.45) is 8.95. The zero-order valence-corrected chi connectivity index (χ0v) is 13.6. The summed E-state index contributed by atoms with van der Waals surface area (Å²) in [5.74, 6) is 0.761. The Morgan fingerprint density at radius 3 is 2.16 bits per heavy atom. The summed E-state index contributed by atoms with van der Waals surface area (Å²) in [5.41, 5.74) is 1.02. The predicted molar refractivity (Wildman–Crippen MR) is 83.5 cm³/mol. The van der Waals surface area contributed by atoms with Crippen LogP contribution in [0.15, 0.2) is 0 Å². The van der Waals surface area contributed by atoms with E-state index in [4.69, 9.17) is 0 Å². The quantitative estimate of drug-likeness (QED) is 0.835. The molecule has 0 aromatic rings. The van der Waals surface area contributed by atoms with Gasteiger partial charge in [0.1, 0.15) is 0 Å². The van der Waals surface area contributed by atoms with Crippen molar-refractivity contribution in [2.24, 2.45) is 11.3 Å². The van der Waals surface area contributed by atoms with E-state index in [0.29, 0.717) is 0 Å². The van der Waals surface area contributed by atoms with Crippen LogP contribution in [0.25, 0.3) is 0 Å². The molecule has 0 bridgehead atoms. The number of nitrogens with zero attached hydrogens (tertiary/aromatic N) is 1. The highest BCUT2D eigenvalue weighted by Gasteiger charge is 2.36. The van der Waals surface area contributed by atoms with Crippen LogP contribution in [0.5, 0.6) is 0 Å². The largest absolute Gasteiger partial charge is 0.312 e. The molecule has 2 rings (SSSR count). The number of hydrogen-bond donors (Lipinski definition) is 1. The highest BCUT2D eigenvalue weighted by atomic mass is 15.1. The molecule has 1 atom stereocenters. The van der Waals surface area contributed by atoms with Crippen LogP contribution in [0.4, 0.5) is 0 Å². The average Bonchev–Trinajstić information content (AvgIpc) is 2.78. The second kappa shape index (κ2) is 6.13. The van der Waals surface area contributed by atoms with E-state index in [1.54, 1.807) is 0 Å². The van der Waals surface area contributed by atoms with E-state index in [1.165, 1.54) is 58.2 Å². The Balaban J connectivity index is 1.67. The van der Waals surface area contributed by atoms with Gasteiger partial charge in [-0.25, -0.2) is 0 Å². The van der Waals surface area contributed by atoms with E-state index in [0.717, 1.165) is 17.9 Å². The molecule has 0 amide bonds. The minimum atomic E-state index is 0.254. The van der Waals surface area contributed by atoms with Crippen molar-refractivity contribution in [1.29, 1.82) is 0 Å². The highest BCUT2D eigenvalue weighted by Crippen LogP contribution is 2.46. The first-order chi connectivity index (χ1) is 8.89. The standard InChI is InChI=1S/C17H34N2/c1-15(13-18-16(2,3)4)14-19-11-9-17(10-12-19)7-5-6-8-17/h15,18H,5-14H2,1-4H3. The summed E-state index contributed by atoms with van der Waals surface area (Å²) in [7, 11) is 0. The Hall–Kier alpha value is -0.0800. The zero-order chi connectivity index (χ0) is 13.9. The zero-order valence-electron chi connectivity index (χ0n) is 13.6. The molecule has 19 heavy (non-hydrogen) atoms. The molecular weight excluding hydrogens is 232 g/mol. The van der Waals surface area contributed by atoms with E-state index in [9.17, 15) is 0 Å². The van der Waals surface area contributed by atoms with Crippen LogP contribution in [0, 0.1) is 11.3 Å². The first kappa shape index (κ1) is 15.3. The van der Waals surface area contributed by atoms with Crippen LogP contribution in [0.3, 0.4) is 0 Å². The van der Waals surface area contributed by atoms with Crippen LogP contribution in [-0.2, 0) is 0 Å². The summed E-state index contributed by atoms with van der Waals surface area (Å²) < 4.78 is 0. The van der Waals surface area contributed by atoms with E-state index in [-0.39, 0.29) is 5.54 Å². The van der Waals surface area contributed by atoms with Gasteiger partial charge in [0, 0.05) is 12.1 Å². The minimum Gasteiger partial charge on any atom is -0.312 e. The highest BCUT2D eigenvalue weighted by molar-refractivity contribution is 4.90. The molecule has 0 radical (unpaired) electrons. The first-order valence-corrected chi connectivity index (χ1v) is 8.36. The van der Waals surface area contributed by atoms with Crippen LogP contribution >= 0.6 is 0 Å². The van der Waals surface area contributed by atoms with Crippen molar-refractivity contribution in [2.75, 3.05) is 26.2 Å². The van der Waals surface area contributed by atoms with Gasteiger partial charge in [0.25, 0.3) is 0 Å². The Morgan fingerprint density at radius 1 is 1.05 bits per heavy atom. The van der Waals surface area contributed by atoms with Gasteiger partial charge in [-0.2, -0.15) is 0 Å². The fourth-order valence-electron chi connectivity index (χ4n) is 3.82. The summed E-state index contributed by atoms with van der Waals surface area (Å²) in [4.78, 5) is 2.71. The van der Waals surface area contributed by atoms with Crippen molar-refractivity contribution in [3.05, 3.63) is 0 Å². The summed E-state index contributed by atoms with van der Waals surface area (Å²) in [5, 5.41) is 3.63. The normalized spacial score (nSPS) is 25.9. The molecule has 1 N–H and O–H groups in total. The molecular formula is C17H34N2. The second-order valence-electron chi connectivity index (χ2n) is 8.24. The lowest BCUT2D eigenvalue weighted by molar-refractivity contribution is 0.0968. The van der Waals surface area contributed by atoms with Crippen LogP contribution in [-0.4, -0.2) is 36.6 Å². The van der Waals surface area contributed by atoms with Crippen molar-refractivity contribution < 1.29 is 0 Å². The molecule has 1 aliphatic heterocycles. The molecule has 1 saturated heterocycles. The summed E-state index contributed by atoms with van der Waals surface area (Å²) in [6.45, 7) is 14.3. The number of hydrogen-bond acceptors (Lipinski definition) is 2. The van der Waals surface area contributed by atoms with Crippen LogP contribution in [0.2, 0.25) is 0 Å². The van der Waals surface area contributed by atoms with Gasteiger partial charge in [-0.15, -0.1) is 0 Å². The number of rotatable bonds is 4. The van der Waals surface area contributed by atoms with Crippen molar-refractivity contribution in [3.8, 4) is 0 Å². The molecule has 2 fully saturated rings. The average molecular weight is 266 g/mol. The monoisotopic (exact) mass is 266 g/mol. The van der Waals surface area contributed by atoms with Gasteiger partial charge >= 0.3 is 0 Å². The topological polar surface area (TPSA) is 15.3 Å². The summed E-state index contributed by atoms with van der Waals surface area (Å²) >= 11 is 0. The van der Waals surface area contributed by atoms with Gasteiger partial charge in [-0.05, 0) is 77.4 Å². The predicted octanol–water partition coefficient (Wildman–Crippen LogP) is 3.67. The van der Waals surface area contributed by atoms with E-state index < -0.39 is 0 Å². The number of piperidine rings is 1. The van der Waals surface area contributed by atoms with E-state index >= 15 is 0 Å². The molecule has 0 aromatic heterocycles. The molecule has 1 saturated carbocycles. The number of nitrogens with one attached hydrogen (secondary N) is 1. The van der Waals surface area contributed by atoms with Gasteiger partial charge < -0.3 is 10.2 Å². The Labute approximate surface area is 120 Å². The molecule has 112 valence electrons. The van der Waals surface area contributed by atoms with Gasteiger partial charge in [0.2, 0.25) is 0 Å². The van der Waals surface area contributed by atoms with E-state index in [2.05, 4.69) is 37.9 Å². The SMILES string of the molecule is CC(CNC(C)(C)C)CN1CCC2(CCCC2)CC1. The van der Waals surface area contributed by atoms with Crippen molar-refractivity contribution >= 4 is 0 Å². The van der Waals surface area contributed by atoms with Crippen molar-refractivity contribution in [1.82, 2.24) is 10.2 Å². The van der Waals surface area contributed by atoms with E-state index in [1.807, 2.05) is 0 Å². The van der Waals surface area contributed by atoms with Crippen LogP contribution < -0.4 is 5.32 Å². The lowest BCUT2D eigenvalue weighted by atomic mass is 9.77. The van der Waals surface area contributed by atoms with Gasteiger partial charge in [0.15, 0.2) is 0 Å². The smallest absolute Gasteiger partial charge is 0.00966 e. The molecule has 1 aliphatic carbocycles. The lowest BCUT2D eigenvalue weighted by Gasteiger charge is -2.40. The molecule has 1 spiro atoms. The van der Waals surface area contributed by atoms with Gasteiger partial charge in [-0.1, -0.05) is 19.8 Å². The maximum Gasteiger partial charge on any atom is 0.00966 e. The molecule has 0 aromatic carbocycles. The Kier molecular flexibility index (Phi) is 4.94. The third-order valence-electron chi connectivity index (χ3n) is 5.13. The van der Waals surface area contributed by atoms with Gasteiger partial charge in [-0.3, -0.25) is 0 Å². The first-order valence-electron chi connectivity index (χ1n) is 8.36. The Morgan fingerprint density at radius 2 is 1.63 bits per heavy atom. The molecule has 2 heteroatoms. The van der Waals surface area contributed by atoms with Gasteiger partial charge in [0.05, 0.1) is 0 Å².